The van der Waals surface area contributed by atoms with Crippen LogP contribution in [0.15, 0.2) is 18.3 Å². The molecule has 0 spiro atoms. The molecule has 0 amide bonds. The van der Waals surface area contributed by atoms with Crippen molar-refractivity contribution in [3.63, 3.8) is 0 Å². The average molecular weight is 291 g/mol. The number of ether oxygens (including phenoxy) is 3. The number of nitrogens with zero attached hydrogens (tertiary/aromatic N) is 1. The lowest BCUT2D eigenvalue weighted by molar-refractivity contribution is 0.321. The van der Waals surface area contributed by atoms with Gasteiger partial charge in [-0.2, -0.15) is 5.10 Å². The first-order valence-electron chi connectivity index (χ1n) is 6.68. The average Bonchev–Trinajstić information content (AvgIpc) is 2.91. The fraction of sp³-hybridized carbons (Fsp3) is 0.400. The van der Waals surface area contributed by atoms with Crippen molar-refractivity contribution in [1.82, 2.24) is 15.5 Å². The summed E-state index contributed by atoms with van der Waals surface area (Å²) >= 11 is 0. The predicted octanol–water partition coefficient (Wildman–Crippen LogP) is 2.03. The second kappa shape index (κ2) is 6.99. The third kappa shape index (κ3) is 3.28. The van der Waals surface area contributed by atoms with Gasteiger partial charge in [0.05, 0.1) is 27.5 Å². The van der Waals surface area contributed by atoms with E-state index in [1.54, 1.807) is 21.3 Å². The highest BCUT2D eigenvalue weighted by Gasteiger charge is 2.15. The Morgan fingerprint density at radius 2 is 1.71 bits per heavy atom. The molecular weight excluding hydrogens is 270 g/mol. The molecule has 2 rings (SSSR count). The number of hydrogen-bond acceptors (Lipinski definition) is 5. The van der Waals surface area contributed by atoms with Crippen molar-refractivity contribution in [2.24, 2.45) is 0 Å². The first-order chi connectivity index (χ1) is 10.2. The van der Waals surface area contributed by atoms with Crippen LogP contribution in [0.5, 0.6) is 17.2 Å². The Hall–Kier alpha value is -2.21. The van der Waals surface area contributed by atoms with Crippen LogP contribution < -0.4 is 19.5 Å². The third-order valence-electron chi connectivity index (χ3n) is 3.35. The maximum atomic E-state index is 5.46. The molecule has 0 unspecified atom stereocenters. The fourth-order valence-corrected chi connectivity index (χ4v) is 2.19. The highest BCUT2D eigenvalue weighted by Crippen LogP contribution is 2.39. The Bertz CT molecular complexity index is 596. The molecular formula is C15H21N3O3. The molecule has 114 valence electrons. The van der Waals surface area contributed by atoms with Gasteiger partial charge in [0, 0.05) is 29.9 Å². The van der Waals surface area contributed by atoms with Crippen LogP contribution in [0.1, 0.15) is 16.8 Å². The van der Waals surface area contributed by atoms with E-state index in [1.807, 2.05) is 25.3 Å². The van der Waals surface area contributed by atoms with E-state index in [-0.39, 0.29) is 0 Å². The first kappa shape index (κ1) is 15.2. The summed E-state index contributed by atoms with van der Waals surface area (Å²) in [6.45, 7) is 3.40. The van der Waals surface area contributed by atoms with Gasteiger partial charge in [-0.3, -0.25) is 5.10 Å². The molecule has 21 heavy (non-hydrogen) atoms. The number of rotatable bonds is 7. The van der Waals surface area contributed by atoms with E-state index in [0.717, 1.165) is 23.4 Å². The number of benzene rings is 1. The minimum Gasteiger partial charge on any atom is -0.493 e. The van der Waals surface area contributed by atoms with Crippen molar-refractivity contribution in [3.8, 4) is 17.2 Å². The van der Waals surface area contributed by atoms with Crippen molar-refractivity contribution in [3.05, 3.63) is 35.2 Å². The summed E-state index contributed by atoms with van der Waals surface area (Å²) in [5, 5.41) is 10.3. The van der Waals surface area contributed by atoms with Gasteiger partial charge < -0.3 is 19.5 Å². The van der Waals surface area contributed by atoms with Gasteiger partial charge in [-0.25, -0.2) is 0 Å². The minimum atomic E-state index is 0.610. The van der Waals surface area contributed by atoms with Gasteiger partial charge in [0.25, 0.3) is 0 Å². The van der Waals surface area contributed by atoms with Crippen molar-refractivity contribution < 1.29 is 14.2 Å². The van der Waals surface area contributed by atoms with E-state index in [4.69, 9.17) is 14.2 Å². The number of hydrogen-bond donors (Lipinski definition) is 2. The monoisotopic (exact) mass is 291 g/mol. The topological polar surface area (TPSA) is 68.4 Å². The van der Waals surface area contributed by atoms with Crippen LogP contribution in [-0.4, -0.2) is 31.5 Å². The Labute approximate surface area is 124 Å². The van der Waals surface area contributed by atoms with Crippen LogP contribution in [-0.2, 0) is 13.1 Å². The van der Waals surface area contributed by atoms with Gasteiger partial charge in [0.1, 0.15) is 0 Å². The van der Waals surface area contributed by atoms with E-state index in [9.17, 15) is 0 Å². The number of aromatic amines is 1. The van der Waals surface area contributed by atoms with Crippen LogP contribution in [0, 0.1) is 6.92 Å². The molecule has 2 N–H and O–H groups in total. The van der Waals surface area contributed by atoms with Gasteiger partial charge in [0.15, 0.2) is 11.5 Å². The zero-order valence-electron chi connectivity index (χ0n) is 12.8. The lowest BCUT2D eigenvalue weighted by Crippen LogP contribution is -2.14. The quantitative estimate of drug-likeness (QED) is 0.817. The lowest BCUT2D eigenvalue weighted by atomic mass is 10.1. The zero-order valence-corrected chi connectivity index (χ0v) is 12.8. The van der Waals surface area contributed by atoms with E-state index < -0.39 is 0 Å². The maximum Gasteiger partial charge on any atom is 0.203 e. The van der Waals surface area contributed by atoms with E-state index in [2.05, 4.69) is 15.5 Å². The van der Waals surface area contributed by atoms with Crippen LogP contribution in [0.3, 0.4) is 0 Å². The molecule has 6 heteroatoms. The highest BCUT2D eigenvalue weighted by atomic mass is 16.5. The standard InChI is InChI=1S/C15H21N3O3/c1-10-12(9-17-18-10)8-16-7-11-5-6-13(19-2)15(21-4)14(11)20-3/h5-6,9,16H,7-8H2,1-4H3,(H,17,18). The van der Waals surface area contributed by atoms with Crippen LogP contribution in [0.2, 0.25) is 0 Å². The van der Waals surface area contributed by atoms with Crippen molar-refractivity contribution in [1.29, 1.82) is 0 Å². The van der Waals surface area contributed by atoms with Gasteiger partial charge in [-0.05, 0) is 13.0 Å². The summed E-state index contributed by atoms with van der Waals surface area (Å²) in [6, 6.07) is 3.84. The molecule has 0 bridgehead atoms. The second-order valence-corrected chi connectivity index (χ2v) is 4.62. The van der Waals surface area contributed by atoms with Crippen LogP contribution >= 0.6 is 0 Å². The number of aromatic nitrogens is 2. The number of methoxy groups -OCH3 is 3. The third-order valence-corrected chi connectivity index (χ3v) is 3.35. The molecule has 0 saturated heterocycles. The van der Waals surface area contributed by atoms with E-state index in [1.165, 1.54) is 0 Å². The summed E-state index contributed by atoms with van der Waals surface area (Å²) in [5.41, 5.74) is 3.23. The predicted molar refractivity (Wildman–Crippen MR) is 80.0 cm³/mol. The fourth-order valence-electron chi connectivity index (χ4n) is 2.19. The largest absolute Gasteiger partial charge is 0.493 e. The highest BCUT2D eigenvalue weighted by molar-refractivity contribution is 5.55. The summed E-state index contributed by atoms with van der Waals surface area (Å²) < 4.78 is 16.1. The molecule has 1 aromatic carbocycles. The first-order valence-corrected chi connectivity index (χ1v) is 6.68. The second-order valence-electron chi connectivity index (χ2n) is 4.62. The molecule has 1 aromatic heterocycles. The molecule has 0 aliphatic carbocycles. The van der Waals surface area contributed by atoms with Crippen molar-refractivity contribution in [2.75, 3.05) is 21.3 Å². The maximum absolute atomic E-state index is 5.46. The molecule has 0 saturated carbocycles. The molecule has 6 nitrogen and oxygen atoms in total. The summed E-state index contributed by atoms with van der Waals surface area (Å²) in [7, 11) is 4.84. The lowest BCUT2D eigenvalue weighted by Gasteiger charge is -2.16. The Kier molecular flexibility index (Phi) is 5.05. The molecule has 0 aliphatic heterocycles. The molecule has 0 radical (unpaired) electrons. The van der Waals surface area contributed by atoms with Gasteiger partial charge >= 0.3 is 0 Å². The van der Waals surface area contributed by atoms with Crippen molar-refractivity contribution in [2.45, 2.75) is 20.0 Å². The summed E-state index contributed by atoms with van der Waals surface area (Å²) in [4.78, 5) is 0. The van der Waals surface area contributed by atoms with E-state index >= 15 is 0 Å². The van der Waals surface area contributed by atoms with Gasteiger partial charge in [0.2, 0.25) is 5.75 Å². The smallest absolute Gasteiger partial charge is 0.203 e. The van der Waals surface area contributed by atoms with Gasteiger partial charge in [-0.1, -0.05) is 6.07 Å². The summed E-state index contributed by atoms with van der Waals surface area (Å²) in [6.07, 6.45) is 1.83. The number of nitrogens with one attached hydrogen (secondary N) is 2. The van der Waals surface area contributed by atoms with Crippen molar-refractivity contribution >= 4 is 0 Å². The number of aryl methyl sites for hydroxylation is 1. The zero-order chi connectivity index (χ0) is 15.2. The SMILES string of the molecule is COc1ccc(CNCc2cn[nH]c2C)c(OC)c1OC. The molecule has 0 atom stereocenters. The summed E-state index contributed by atoms with van der Waals surface area (Å²) in [5.74, 6) is 1.95. The normalized spacial score (nSPS) is 10.5. The Balaban J connectivity index is 2.11. The molecule has 0 fully saturated rings. The van der Waals surface area contributed by atoms with Crippen LogP contribution in [0.25, 0.3) is 0 Å². The molecule has 2 aromatic rings. The molecule has 1 heterocycles. The Morgan fingerprint density at radius 3 is 2.29 bits per heavy atom. The number of H-pyrrole nitrogens is 1. The van der Waals surface area contributed by atoms with Gasteiger partial charge in [-0.15, -0.1) is 0 Å². The Morgan fingerprint density at radius 1 is 1.00 bits per heavy atom. The van der Waals surface area contributed by atoms with E-state index in [0.29, 0.717) is 23.8 Å². The van der Waals surface area contributed by atoms with Crippen LogP contribution in [0.4, 0.5) is 0 Å². The molecule has 0 aliphatic rings. The minimum absolute atomic E-state index is 0.610.